The molecule has 20 heavy (non-hydrogen) atoms. The molecule has 0 aliphatic carbocycles. The number of halogens is 3. The van der Waals surface area contributed by atoms with Gasteiger partial charge < -0.3 is 0 Å². The fraction of sp³-hybridized carbons (Fsp3) is 0.125. The van der Waals surface area contributed by atoms with Gasteiger partial charge in [0.1, 0.15) is 0 Å². The summed E-state index contributed by atoms with van der Waals surface area (Å²) in [5, 5.41) is 4.07. The van der Waals surface area contributed by atoms with E-state index in [9.17, 15) is 0 Å². The van der Waals surface area contributed by atoms with E-state index in [1.54, 1.807) is 11.3 Å². The van der Waals surface area contributed by atoms with E-state index in [4.69, 9.17) is 23.2 Å². The van der Waals surface area contributed by atoms with Gasteiger partial charge in [0.25, 0.3) is 0 Å². The number of thiophene rings is 1. The Morgan fingerprint density at radius 1 is 1.10 bits per heavy atom. The standard InChI is InChI=1S/C16H11BrCl2S/c17-13-6-3-5-11-12(9-20-16(11)13)15(19)8-10-4-1-2-7-14(10)18/h1-7,9,15H,8H2. The van der Waals surface area contributed by atoms with E-state index in [0.717, 1.165) is 21.5 Å². The second-order valence-corrected chi connectivity index (χ2v) is 7.24. The Labute approximate surface area is 140 Å². The predicted molar refractivity (Wildman–Crippen MR) is 93.3 cm³/mol. The first kappa shape index (κ1) is 14.4. The van der Waals surface area contributed by atoms with E-state index in [2.05, 4.69) is 33.4 Å². The lowest BCUT2D eigenvalue weighted by atomic mass is 10.0. The molecule has 1 aromatic heterocycles. The zero-order valence-electron chi connectivity index (χ0n) is 10.4. The summed E-state index contributed by atoms with van der Waals surface area (Å²) in [6.07, 6.45) is 0.736. The highest BCUT2D eigenvalue weighted by molar-refractivity contribution is 9.10. The molecule has 0 aliphatic rings. The molecule has 0 spiro atoms. The average molecular weight is 386 g/mol. The number of alkyl halides is 1. The zero-order valence-corrected chi connectivity index (χ0v) is 14.4. The van der Waals surface area contributed by atoms with Crippen molar-refractivity contribution in [3.05, 3.63) is 68.5 Å². The Morgan fingerprint density at radius 2 is 1.90 bits per heavy atom. The third kappa shape index (κ3) is 2.75. The van der Waals surface area contributed by atoms with E-state index >= 15 is 0 Å². The van der Waals surface area contributed by atoms with Crippen LogP contribution in [0.2, 0.25) is 5.02 Å². The molecule has 3 aromatic rings. The van der Waals surface area contributed by atoms with Gasteiger partial charge in [0.05, 0.1) is 5.38 Å². The first-order chi connectivity index (χ1) is 9.66. The summed E-state index contributed by atoms with van der Waals surface area (Å²) in [5.41, 5.74) is 2.26. The summed E-state index contributed by atoms with van der Waals surface area (Å²) in [6.45, 7) is 0. The van der Waals surface area contributed by atoms with Crippen molar-refractivity contribution >= 4 is 60.6 Å². The molecule has 0 saturated heterocycles. The van der Waals surface area contributed by atoms with Crippen molar-refractivity contribution in [2.75, 3.05) is 0 Å². The number of fused-ring (bicyclic) bond motifs is 1. The second kappa shape index (κ2) is 6.07. The van der Waals surface area contributed by atoms with E-state index < -0.39 is 0 Å². The minimum atomic E-state index is -0.0713. The Balaban J connectivity index is 1.95. The SMILES string of the molecule is Clc1ccccc1CC(Cl)c1csc2c(Br)cccc12. The average Bonchev–Trinajstić information content (AvgIpc) is 2.87. The lowest BCUT2D eigenvalue weighted by Crippen LogP contribution is -1.95. The molecule has 1 atom stereocenters. The van der Waals surface area contributed by atoms with Crippen molar-refractivity contribution in [2.45, 2.75) is 11.8 Å². The monoisotopic (exact) mass is 384 g/mol. The molecule has 0 amide bonds. The maximum atomic E-state index is 6.62. The summed E-state index contributed by atoms with van der Waals surface area (Å²) < 4.78 is 2.36. The van der Waals surface area contributed by atoms with E-state index in [0.29, 0.717) is 0 Å². The molecule has 4 heteroatoms. The summed E-state index contributed by atoms with van der Waals surface area (Å²) in [4.78, 5) is 0. The van der Waals surface area contributed by atoms with Crippen molar-refractivity contribution in [2.24, 2.45) is 0 Å². The molecule has 0 aliphatic heterocycles. The fourth-order valence-electron chi connectivity index (χ4n) is 2.25. The van der Waals surface area contributed by atoms with Gasteiger partial charge in [-0.2, -0.15) is 0 Å². The Kier molecular flexibility index (Phi) is 4.37. The van der Waals surface area contributed by atoms with E-state index in [1.165, 1.54) is 15.6 Å². The van der Waals surface area contributed by atoms with Crippen molar-refractivity contribution in [1.82, 2.24) is 0 Å². The number of hydrogen-bond acceptors (Lipinski definition) is 1. The topological polar surface area (TPSA) is 0 Å². The van der Waals surface area contributed by atoms with Crippen LogP contribution in [0.4, 0.5) is 0 Å². The van der Waals surface area contributed by atoms with E-state index in [1.807, 2.05) is 30.3 Å². The van der Waals surface area contributed by atoms with Crippen LogP contribution in [0.25, 0.3) is 10.1 Å². The van der Waals surface area contributed by atoms with Gasteiger partial charge in [0.15, 0.2) is 0 Å². The van der Waals surface area contributed by atoms with Crippen LogP contribution < -0.4 is 0 Å². The van der Waals surface area contributed by atoms with Crippen molar-refractivity contribution in [3.8, 4) is 0 Å². The first-order valence-electron chi connectivity index (χ1n) is 6.20. The lowest BCUT2D eigenvalue weighted by molar-refractivity contribution is 0.932. The normalized spacial score (nSPS) is 12.8. The van der Waals surface area contributed by atoms with Gasteiger partial charge in [0.2, 0.25) is 0 Å². The highest BCUT2D eigenvalue weighted by atomic mass is 79.9. The molecule has 2 aromatic carbocycles. The molecule has 0 N–H and O–H groups in total. The van der Waals surface area contributed by atoms with Gasteiger partial charge >= 0.3 is 0 Å². The van der Waals surface area contributed by atoms with Gasteiger partial charge in [-0.1, -0.05) is 41.9 Å². The highest BCUT2D eigenvalue weighted by Gasteiger charge is 2.16. The molecule has 0 radical (unpaired) electrons. The Bertz CT molecular complexity index is 751. The number of hydrogen-bond donors (Lipinski definition) is 0. The van der Waals surface area contributed by atoms with Crippen LogP contribution in [-0.4, -0.2) is 0 Å². The van der Waals surface area contributed by atoms with Crippen LogP contribution in [-0.2, 0) is 6.42 Å². The maximum Gasteiger partial charge on any atom is 0.0640 e. The lowest BCUT2D eigenvalue weighted by Gasteiger charge is -2.10. The second-order valence-electron chi connectivity index (χ2n) is 4.57. The van der Waals surface area contributed by atoms with Gasteiger partial charge in [0, 0.05) is 14.2 Å². The predicted octanol–water partition coefficient (Wildman–Crippen LogP) is 6.84. The van der Waals surface area contributed by atoms with Gasteiger partial charge in [-0.3, -0.25) is 0 Å². The molecule has 3 rings (SSSR count). The maximum absolute atomic E-state index is 6.62. The number of benzene rings is 2. The van der Waals surface area contributed by atoms with Crippen LogP contribution in [0.5, 0.6) is 0 Å². The van der Waals surface area contributed by atoms with Crippen LogP contribution in [0, 0.1) is 0 Å². The molecule has 0 fully saturated rings. The third-order valence-electron chi connectivity index (χ3n) is 3.28. The first-order valence-corrected chi connectivity index (χ1v) is 8.68. The summed E-state index contributed by atoms with van der Waals surface area (Å²) in [5.74, 6) is 0. The smallest absolute Gasteiger partial charge is 0.0640 e. The quantitative estimate of drug-likeness (QED) is 0.433. The summed E-state index contributed by atoms with van der Waals surface area (Å²) in [7, 11) is 0. The van der Waals surface area contributed by atoms with Crippen LogP contribution in [0.1, 0.15) is 16.5 Å². The van der Waals surface area contributed by atoms with Crippen LogP contribution in [0.15, 0.2) is 52.3 Å². The Morgan fingerprint density at radius 3 is 2.70 bits per heavy atom. The van der Waals surface area contributed by atoms with Crippen molar-refractivity contribution in [3.63, 3.8) is 0 Å². The Hall–Kier alpha value is -0.540. The summed E-state index contributed by atoms with van der Waals surface area (Å²) >= 11 is 18.1. The molecule has 1 unspecified atom stereocenters. The molecule has 0 bridgehead atoms. The minimum Gasteiger partial charge on any atom is -0.142 e. The van der Waals surface area contributed by atoms with E-state index in [-0.39, 0.29) is 5.38 Å². The van der Waals surface area contributed by atoms with Gasteiger partial charge in [-0.15, -0.1) is 22.9 Å². The van der Waals surface area contributed by atoms with Crippen LogP contribution >= 0.6 is 50.5 Å². The largest absolute Gasteiger partial charge is 0.142 e. The highest BCUT2D eigenvalue weighted by Crippen LogP contribution is 2.39. The summed E-state index contributed by atoms with van der Waals surface area (Å²) in [6, 6.07) is 14.1. The fourth-order valence-corrected chi connectivity index (χ4v) is 4.56. The molecular weight excluding hydrogens is 375 g/mol. The van der Waals surface area contributed by atoms with Gasteiger partial charge in [-0.25, -0.2) is 0 Å². The van der Waals surface area contributed by atoms with Crippen molar-refractivity contribution < 1.29 is 0 Å². The minimum absolute atomic E-state index is 0.0713. The van der Waals surface area contributed by atoms with Gasteiger partial charge in [-0.05, 0) is 56.4 Å². The molecule has 1 heterocycles. The molecular formula is C16H11BrCl2S. The molecule has 102 valence electrons. The van der Waals surface area contributed by atoms with Crippen molar-refractivity contribution in [1.29, 1.82) is 0 Å². The molecule has 0 saturated carbocycles. The third-order valence-corrected chi connectivity index (χ3v) is 6.00. The molecule has 0 nitrogen and oxygen atoms in total. The zero-order chi connectivity index (χ0) is 14.1. The number of rotatable bonds is 3. The van der Waals surface area contributed by atoms with Crippen LogP contribution in [0.3, 0.4) is 0 Å².